The van der Waals surface area contributed by atoms with Gasteiger partial charge in [0.25, 0.3) is 0 Å². The third-order valence-electron chi connectivity index (χ3n) is 0.597. The summed E-state index contributed by atoms with van der Waals surface area (Å²) in [7, 11) is -0.604. The largest absolute Gasteiger partial charge is 0.358 e. The first kappa shape index (κ1) is 5.96. The molecule has 0 aliphatic heterocycles. The molecule has 0 fully saturated rings. The Balaban J connectivity index is 2.58. The van der Waals surface area contributed by atoms with E-state index in [9.17, 15) is 4.79 Å². The van der Waals surface area contributed by atoms with Gasteiger partial charge in [-0.15, -0.1) is 9.82 Å². The average molecular weight is 145 g/mol. The molecule has 0 spiro atoms. The van der Waals surface area contributed by atoms with Crippen LogP contribution in [0.1, 0.15) is 0 Å². The maximum absolute atomic E-state index is 10.1. The van der Waals surface area contributed by atoms with Crippen molar-refractivity contribution in [3.05, 3.63) is 11.6 Å². The fourth-order valence-corrected chi connectivity index (χ4v) is 1.04. The highest BCUT2D eigenvalue weighted by atomic mass is 32.2. The molecule has 9 heavy (non-hydrogen) atoms. The smallest absolute Gasteiger partial charge is 0.348 e. The fourth-order valence-electron chi connectivity index (χ4n) is 0.348. The van der Waals surface area contributed by atoms with Crippen molar-refractivity contribution in [1.29, 1.82) is 0 Å². The Labute approximate surface area is 54.1 Å². The molecule has 1 unspecified atom stereocenters. The minimum absolute atomic E-state index is 0.580. The number of rotatable bonds is 1. The second-order valence-corrected chi connectivity index (χ2v) is 2.53. The van der Waals surface area contributed by atoms with Gasteiger partial charge in [-0.2, -0.15) is 0 Å². The Kier molecular flexibility index (Phi) is 1.59. The summed E-state index contributed by atoms with van der Waals surface area (Å²) in [6, 6.07) is -0.580. The normalized spacial score (nSPS) is 10.9. The van der Waals surface area contributed by atoms with Gasteiger partial charge in [-0.05, 0) is 0 Å². The Bertz CT molecular complexity index is 196. The number of nitrogens with one attached hydrogen (secondary N) is 1. The second-order valence-electron chi connectivity index (χ2n) is 1.26. The van der Waals surface area contributed by atoms with E-state index < -0.39 is 16.9 Å². The quantitative estimate of drug-likeness (QED) is 0.539. The molecule has 5 nitrogen and oxygen atoms in total. The van der Waals surface area contributed by atoms with E-state index in [-0.39, 0.29) is 0 Å². The van der Waals surface area contributed by atoms with E-state index in [0.29, 0.717) is 0 Å². The first-order valence-corrected chi connectivity index (χ1v) is 3.40. The van der Waals surface area contributed by atoms with Crippen LogP contribution in [0.5, 0.6) is 0 Å². The lowest BCUT2D eigenvalue weighted by Gasteiger charge is -1.79. The molecule has 6 heteroatoms. The molecule has 0 saturated heterocycles. The first-order chi connectivity index (χ1) is 4.29. The van der Waals surface area contributed by atoms with Crippen LogP contribution in [0, 0.1) is 0 Å². The van der Waals surface area contributed by atoms with E-state index >= 15 is 0 Å². The number of hydrogen-bond acceptors (Lipinski definition) is 3. The molecular formula is C3H5N4OS+. The fraction of sp³-hybridized carbons (Fsp3) is 0. The number of nitrogens with zero attached hydrogens (tertiary/aromatic N) is 2. The Morgan fingerprint density at radius 3 is 3.00 bits per heavy atom. The number of urea groups is 1. The summed E-state index contributed by atoms with van der Waals surface area (Å²) in [5, 5.41) is 5.16. The van der Waals surface area contributed by atoms with E-state index in [1.807, 2.05) is 0 Å². The number of amides is 2. The Morgan fingerprint density at radius 2 is 2.56 bits per heavy atom. The van der Waals surface area contributed by atoms with Gasteiger partial charge in [-0.1, -0.05) is 0 Å². The molecule has 1 rings (SSSR count). The minimum Gasteiger partial charge on any atom is -0.348 e. The molecule has 3 N–H and O–H groups in total. The SMILES string of the molecule is NC(=O)N[s+]1ccnn1. The highest BCUT2D eigenvalue weighted by Crippen LogP contribution is 2.02. The van der Waals surface area contributed by atoms with Crippen molar-refractivity contribution in [2.24, 2.45) is 5.73 Å². The lowest BCUT2D eigenvalue weighted by molar-refractivity contribution is 0.260. The molecule has 1 heterocycles. The predicted octanol–water partition coefficient (Wildman–Crippen LogP) is -0.152. The summed E-state index contributed by atoms with van der Waals surface area (Å²) in [5.74, 6) is 0. The van der Waals surface area contributed by atoms with Crippen LogP contribution < -0.4 is 10.5 Å². The third-order valence-corrected chi connectivity index (χ3v) is 1.66. The van der Waals surface area contributed by atoms with Gasteiger partial charge in [0, 0.05) is 0 Å². The maximum atomic E-state index is 10.1. The second kappa shape index (κ2) is 2.40. The molecule has 0 saturated carbocycles. The van der Waals surface area contributed by atoms with Gasteiger partial charge in [0.15, 0.2) is 0 Å². The van der Waals surface area contributed by atoms with Crippen molar-refractivity contribution in [3.8, 4) is 0 Å². The van der Waals surface area contributed by atoms with Crippen LogP contribution in [0.3, 0.4) is 0 Å². The monoisotopic (exact) mass is 145 g/mol. The molecule has 0 bridgehead atoms. The van der Waals surface area contributed by atoms with Crippen molar-refractivity contribution in [3.63, 3.8) is 0 Å². The molecule has 0 radical (unpaired) electrons. The molecule has 0 aromatic carbocycles. The summed E-state index contributed by atoms with van der Waals surface area (Å²) in [5.41, 5.74) is 4.79. The number of primary amides is 1. The Morgan fingerprint density at radius 1 is 1.78 bits per heavy atom. The number of carbonyl (C=O) groups is 1. The van der Waals surface area contributed by atoms with Crippen LogP contribution in [0.2, 0.25) is 0 Å². The third kappa shape index (κ3) is 1.65. The lowest BCUT2D eigenvalue weighted by atomic mass is 11.1. The van der Waals surface area contributed by atoms with Crippen LogP contribution in [0.4, 0.5) is 4.79 Å². The van der Waals surface area contributed by atoms with Crippen molar-refractivity contribution < 1.29 is 4.79 Å². The van der Waals surface area contributed by atoms with Gasteiger partial charge < -0.3 is 5.73 Å². The zero-order valence-corrected chi connectivity index (χ0v) is 5.26. The maximum Gasteiger partial charge on any atom is 0.358 e. The molecule has 1 aromatic heterocycles. The molecular weight excluding hydrogens is 140 g/mol. The predicted molar refractivity (Wildman–Crippen MR) is 33.5 cm³/mol. The van der Waals surface area contributed by atoms with Gasteiger partial charge in [-0.3, -0.25) is 0 Å². The van der Waals surface area contributed by atoms with Gasteiger partial charge >= 0.3 is 6.03 Å². The molecule has 0 aliphatic rings. The summed E-state index contributed by atoms with van der Waals surface area (Å²) in [4.78, 5) is 10.1. The van der Waals surface area contributed by atoms with Crippen molar-refractivity contribution in [2.75, 3.05) is 4.72 Å². The molecule has 2 amide bonds. The van der Waals surface area contributed by atoms with Gasteiger partial charge in [0.05, 0.1) is 0 Å². The first-order valence-electron chi connectivity index (χ1n) is 2.16. The van der Waals surface area contributed by atoms with E-state index in [4.69, 9.17) is 5.73 Å². The molecule has 48 valence electrons. The number of aromatic nitrogens is 2. The zero-order chi connectivity index (χ0) is 6.69. The molecule has 1 aromatic rings. The van der Waals surface area contributed by atoms with Gasteiger partial charge in [0.1, 0.15) is 10.7 Å². The highest BCUT2D eigenvalue weighted by molar-refractivity contribution is 7.27. The van der Waals surface area contributed by atoms with Crippen molar-refractivity contribution >= 4 is 16.9 Å². The van der Waals surface area contributed by atoms with Crippen LogP contribution in [0.15, 0.2) is 11.6 Å². The number of nitrogens with two attached hydrogens (primary N) is 1. The van der Waals surface area contributed by atoms with Crippen molar-refractivity contribution in [1.82, 2.24) is 9.59 Å². The zero-order valence-electron chi connectivity index (χ0n) is 4.44. The van der Waals surface area contributed by atoms with Gasteiger partial charge in [0.2, 0.25) is 16.2 Å². The number of carbonyl (C=O) groups excluding carboxylic acids is 1. The Hall–Kier alpha value is -1.17. The average Bonchev–Trinajstić information content (AvgIpc) is 2.15. The summed E-state index contributed by atoms with van der Waals surface area (Å²) >= 11 is 0. The van der Waals surface area contributed by atoms with Crippen molar-refractivity contribution in [2.45, 2.75) is 0 Å². The lowest BCUT2D eigenvalue weighted by Crippen LogP contribution is -2.18. The van der Waals surface area contributed by atoms with Crippen LogP contribution in [0.25, 0.3) is 0 Å². The van der Waals surface area contributed by atoms with Crippen LogP contribution in [-0.4, -0.2) is 15.6 Å². The topological polar surface area (TPSA) is 80.9 Å². The summed E-state index contributed by atoms with van der Waals surface area (Å²) in [6.07, 6.45) is 1.51. The standard InChI is InChI=1S/C3H4N4OS/c4-3(8)6-9-2-1-5-7-9/h1-2H,(H2,4,8)/p+1. The molecule has 1 atom stereocenters. The molecule has 0 aliphatic carbocycles. The number of hydrogen-bond donors (Lipinski definition) is 2. The summed E-state index contributed by atoms with van der Waals surface area (Å²) < 4.78 is 5.97. The highest BCUT2D eigenvalue weighted by Gasteiger charge is 2.06. The minimum atomic E-state index is -0.604. The summed E-state index contributed by atoms with van der Waals surface area (Å²) in [6.45, 7) is 0. The van der Waals surface area contributed by atoms with E-state index in [0.717, 1.165) is 0 Å². The van der Waals surface area contributed by atoms with E-state index in [1.165, 1.54) is 6.20 Å². The van der Waals surface area contributed by atoms with Gasteiger partial charge in [-0.25, -0.2) is 4.79 Å². The van der Waals surface area contributed by atoms with Crippen LogP contribution >= 0.6 is 10.9 Å². The van der Waals surface area contributed by atoms with E-state index in [2.05, 4.69) is 14.3 Å². The van der Waals surface area contributed by atoms with E-state index in [1.54, 1.807) is 5.38 Å². The van der Waals surface area contributed by atoms with Crippen LogP contribution in [-0.2, 0) is 0 Å².